The van der Waals surface area contributed by atoms with Crippen LogP contribution in [0, 0.1) is 0 Å². The molecule has 7 aromatic carbocycles. The van der Waals surface area contributed by atoms with Gasteiger partial charge in [0, 0.05) is 6.54 Å². The van der Waals surface area contributed by atoms with Crippen LogP contribution >= 0.6 is 0 Å². The maximum absolute atomic E-state index is 14.4. The van der Waals surface area contributed by atoms with Crippen molar-refractivity contribution in [3.05, 3.63) is 103 Å². The second kappa shape index (κ2) is 18.0. The molecule has 0 fully saturated rings. The van der Waals surface area contributed by atoms with Gasteiger partial charge in [-0.3, -0.25) is 28.3 Å². The van der Waals surface area contributed by atoms with Gasteiger partial charge in [-0.25, -0.2) is 0 Å². The van der Waals surface area contributed by atoms with Gasteiger partial charge in [0.05, 0.1) is 80.9 Å². The lowest BCUT2D eigenvalue weighted by Gasteiger charge is -2.21. The van der Waals surface area contributed by atoms with Crippen LogP contribution < -0.4 is 22.2 Å². The summed E-state index contributed by atoms with van der Waals surface area (Å²) in [5.41, 5.74) is -1.15. The Morgan fingerprint density at radius 2 is 0.754 bits per heavy atom. The first-order valence-electron chi connectivity index (χ1n) is 22.3. The van der Waals surface area contributed by atoms with Crippen molar-refractivity contribution in [2.75, 3.05) is 52.9 Å². The minimum atomic E-state index is -0.344. The molecular weight excluding hydrogens is 769 g/mol. The second-order valence-electron chi connectivity index (χ2n) is 16.6. The van der Waals surface area contributed by atoms with E-state index in [1.807, 2.05) is 48.5 Å². The van der Waals surface area contributed by atoms with Gasteiger partial charge in [0.15, 0.2) is 0 Å². The molecule has 0 spiro atoms. The monoisotopic (exact) mass is 822 g/mol. The topological polar surface area (TPSA) is 115 Å². The average Bonchev–Trinajstić information content (AvgIpc) is 3.68. The van der Waals surface area contributed by atoms with Crippen LogP contribution in [0.25, 0.3) is 86.2 Å². The third-order valence-corrected chi connectivity index (χ3v) is 12.8. The first-order valence-corrected chi connectivity index (χ1v) is 22.3. The summed E-state index contributed by atoms with van der Waals surface area (Å²) < 4.78 is 24.9. The van der Waals surface area contributed by atoms with Crippen LogP contribution in [0.15, 0.2) is 80.4 Å². The molecule has 0 radical (unpaired) electrons. The van der Waals surface area contributed by atoms with Gasteiger partial charge in [-0.05, 0) is 71.1 Å². The molecule has 0 N–H and O–H groups in total. The van der Waals surface area contributed by atoms with E-state index in [0.717, 1.165) is 73.1 Å². The van der Waals surface area contributed by atoms with Crippen LogP contribution in [-0.2, 0) is 32.0 Å². The largest absolute Gasteiger partial charge is 0.377 e. The quantitative estimate of drug-likeness (QED) is 0.0243. The third-order valence-electron chi connectivity index (χ3n) is 12.8. The van der Waals surface area contributed by atoms with E-state index in [0.29, 0.717) is 85.1 Å². The highest BCUT2D eigenvalue weighted by atomic mass is 16.6. The lowest BCUT2D eigenvalue weighted by atomic mass is 9.80. The highest BCUT2D eigenvalue weighted by Gasteiger charge is 2.29. The van der Waals surface area contributed by atoms with Crippen LogP contribution in [0.1, 0.15) is 71.1 Å². The van der Waals surface area contributed by atoms with Crippen LogP contribution in [0.5, 0.6) is 0 Å². The van der Waals surface area contributed by atoms with E-state index in [-0.39, 0.29) is 35.4 Å². The first-order chi connectivity index (χ1) is 30.0. The standard InChI is InChI=1S/C51H54N2O8/c1-3-5-6-7-8-9-10-11-12-13-22-52-48(54)44-34-18-14-32-16-20-36-42-38(32)40(34)41-35(45(44)49(52)55)19-15-33-17-21-37(43(42)39(33)41)47-46(36)50(56)53(51(47)57)23-25-59-27-29-61-31-30-60-28-26-58-24-4-2/h4,14-21H,2-3,5-13,22-31H2,1H3. The molecule has 0 saturated carbocycles. The van der Waals surface area contributed by atoms with E-state index in [1.165, 1.54) is 54.1 Å². The molecule has 2 aromatic heterocycles. The number of hydrogen-bond acceptors (Lipinski definition) is 8. The highest BCUT2D eigenvalue weighted by Crippen LogP contribution is 2.51. The van der Waals surface area contributed by atoms with Crippen molar-refractivity contribution in [2.45, 2.75) is 84.2 Å². The van der Waals surface area contributed by atoms with Gasteiger partial charge in [-0.15, -0.1) is 6.58 Å². The molecule has 0 aliphatic rings. The van der Waals surface area contributed by atoms with E-state index in [2.05, 4.69) is 13.5 Å². The Balaban J connectivity index is 1.04. The fourth-order valence-corrected chi connectivity index (χ4v) is 10.0. The molecule has 9 rings (SSSR count). The van der Waals surface area contributed by atoms with Crippen molar-refractivity contribution < 1.29 is 18.9 Å². The van der Waals surface area contributed by atoms with E-state index in [1.54, 1.807) is 6.08 Å². The van der Waals surface area contributed by atoms with Gasteiger partial charge in [0.1, 0.15) is 0 Å². The lowest BCUT2D eigenvalue weighted by molar-refractivity contribution is 0.00000115. The van der Waals surface area contributed by atoms with Gasteiger partial charge in [-0.2, -0.15) is 0 Å². The number of hydrogen-bond donors (Lipinski definition) is 0. The minimum absolute atomic E-state index is 0.103. The highest BCUT2D eigenvalue weighted by molar-refractivity contribution is 6.50. The molecule has 0 bridgehead atoms. The van der Waals surface area contributed by atoms with Crippen LogP contribution in [-0.4, -0.2) is 62.0 Å². The Kier molecular flexibility index (Phi) is 12.1. The maximum Gasteiger partial charge on any atom is 0.262 e. The van der Waals surface area contributed by atoms with Gasteiger partial charge in [-0.1, -0.05) is 119 Å². The average molecular weight is 823 g/mol. The molecule has 9 aromatic rings. The van der Waals surface area contributed by atoms with Crippen molar-refractivity contribution in [3.8, 4) is 0 Å². The van der Waals surface area contributed by atoms with Crippen molar-refractivity contribution in [2.24, 2.45) is 0 Å². The molecule has 10 heteroatoms. The fraction of sp³-hybridized carbons (Fsp3) is 0.412. The zero-order chi connectivity index (χ0) is 42.0. The molecule has 10 nitrogen and oxygen atoms in total. The minimum Gasteiger partial charge on any atom is -0.377 e. The summed E-state index contributed by atoms with van der Waals surface area (Å²) in [6.45, 7) is 9.53. The summed E-state index contributed by atoms with van der Waals surface area (Å²) in [5.74, 6) is 0. The number of ether oxygens (including phenoxy) is 4. The summed E-state index contributed by atoms with van der Waals surface area (Å²) in [5, 5.41) is 12.2. The zero-order valence-corrected chi connectivity index (χ0v) is 35.2. The van der Waals surface area contributed by atoms with Crippen molar-refractivity contribution in [1.29, 1.82) is 0 Å². The number of nitrogens with zero attached hydrogens (tertiary/aromatic N) is 2. The molecule has 316 valence electrons. The van der Waals surface area contributed by atoms with E-state index in [9.17, 15) is 19.2 Å². The predicted molar refractivity (Wildman–Crippen MR) is 249 cm³/mol. The summed E-state index contributed by atoms with van der Waals surface area (Å²) >= 11 is 0. The zero-order valence-electron chi connectivity index (χ0n) is 35.2. The smallest absolute Gasteiger partial charge is 0.262 e. The summed E-state index contributed by atoms with van der Waals surface area (Å²) in [6, 6.07) is 16.0. The van der Waals surface area contributed by atoms with Crippen molar-refractivity contribution >= 4 is 86.2 Å². The van der Waals surface area contributed by atoms with Crippen molar-refractivity contribution in [1.82, 2.24) is 9.13 Å². The number of unbranched alkanes of at least 4 members (excludes halogenated alkanes) is 9. The summed E-state index contributed by atoms with van der Waals surface area (Å²) in [4.78, 5) is 57.4. The number of rotatable bonds is 25. The van der Waals surface area contributed by atoms with Crippen LogP contribution in [0.3, 0.4) is 0 Å². The molecule has 0 unspecified atom stereocenters. The van der Waals surface area contributed by atoms with Gasteiger partial charge < -0.3 is 18.9 Å². The Bertz CT molecular complexity index is 3010. The maximum atomic E-state index is 14.4. The molecule has 0 atom stereocenters. The Morgan fingerprint density at radius 1 is 0.410 bits per heavy atom. The van der Waals surface area contributed by atoms with Crippen molar-refractivity contribution in [3.63, 3.8) is 0 Å². The van der Waals surface area contributed by atoms with Gasteiger partial charge in [0.25, 0.3) is 22.2 Å². The lowest BCUT2D eigenvalue weighted by Crippen LogP contribution is -2.27. The van der Waals surface area contributed by atoms with Gasteiger partial charge in [0.2, 0.25) is 0 Å². The summed E-state index contributed by atoms with van der Waals surface area (Å²) in [7, 11) is 0. The normalized spacial score (nSPS) is 12.6. The molecule has 61 heavy (non-hydrogen) atoms. The first kappa shape index (κ1) is 41.1. The molecular formula is C51H54N2O8. The molecule has 0 amide bonds. The fourth-order valence-electron chi connectivity index (χ4n) is 10.0. The van der Waals surface area contributed by atoms with Gasteiger partial charge >= 0.3 is 0 Å². The number of benzene rings is 7. The predicted octanol–water partition coefficient (Wildman–Crippen LogP) is 9.32. The van der Waals surface area contributed by atoms with Crippen LogP contribution in [0.4, 0.5) is 0 Å². The van der Waals surface area contributed by atoms with E-state index >= 15 is 0 Å². The molecule has 0 aliphatic heterocycles. The van der Waals surface area contributed by atoms with E-state index in [4.69, 9.17) is 18.9 Å². The Morgan fingerprint density at radius 3 is 1.15 bits per heavy atom. The number of aromatic nitrogens is 2. The molecule has 0 saturated heterocycles. The Hall–Kier alpha value is -5.26. The molecule has 2 heterocycles. The second-order valence-corrected chi connectivity index (χ2v) is 16.6. The van der Waals surface area contributed by atoms with Crippen LogP contribution in [0.2, 0.25) is 0 Å². The molecule has 0 aliphatic carbocycles. The Labute approximate surface area is 352 Å². The number of fused-ring (bicyclic) bond motifs is 6. The third kappa shape index (κ3) is 7.17. The summed E-state index contributed by atoms with van der Waals surface area (Å²) in [6.07, 6.45) is 13.4. The van der Waals surface area contributed by atoms with E-state index < -0.39 is 0 Å². The SMILES string of the molecule is C=CCOCCOCCOCCOCCn1c(=O)c2c3ccc4ccc5c6c(=O)n(CCCCCCCCCCCC)c(=O)c6c6ccc7ccc(c2c1=O)c1c7c6c5c4c31.